The second kappa shape index (κ2) is 13.4. The summed E-state index contributed by atoms with van der Waals surface area (Å²) in [6.07, 6.45) is 0. The normalized spacial score (nSPS) is 17.3. The van der Waals surface area contributed by atoms with Gasteiger partial charge < -0.3 is 0 Å². The van der Waals surface area contributed by atoms with E-state index in [1.54, 1.807) is 60.7 Å². The molecule has 54 heavy (non-hydrogen) atoms. The average molecular weight is 711 g/mol. The smallest absolute Gasteiger partial charge is 0.164 e. The van der Waals surface area contributed by atoms with Crippen molar-refractivity contribution in [1.29, 1.82) is 0 Å². The summed E-state index contributed by atoms with van der Waals surface area (Å²) in [5, 5.41) is -2.95. The molecule has 0 aliphatic heterocycles. The van der Waals surface area contributed by atoms with Crippen LogP contribution in [0.15, 0.2) is 200 Å². The van der Waals surface area contributed by atoms with Crippen LogP contribution in [-0.2, 0) is 0 Å². The van der Waals surface area contributed by atoms with Crippen LogP contribution in [-0.4, -0.2) is 15.0 Å². The monoisotopic (exact) mass is 710 g/mol. The van der Waals surface area contributed by atoms with Crippen LogP contribution < -0.4 is 0 Å². The van der Waals surface area contributed by atoms with Gasteiger partial charge in [0.15, 0.2) is 17.5 Å². The Morgan fingerprint density at radius 1 is 0.259 bits per heavy atom. The maximum Gasteiger partial charge on any atom is 0.164 e. The van der Waals surface area contributed by atoms with Gasteiger partial charge in [-0.05, 0) is 83.8 Å². The molecule has 1 aromatic heterocycles. The Hall–Kier alpha value is -7.23. The third-order valence-electron chi connectivity index (χ3n) is 8.49. The van der Waals surface area contributed by atoms with Gasteiger partial charge in [0.1, 0.15) is 0 Å². The molecule has 10 rings (SSSR count). The molecule has 0 radical (unpaired) electrons. The fraction of sp³-hybridized carbons (Fsp3) is 0. The highest BCUT2D eigenvalue weighted by Gasteiger charge is 2.14. The first kappa shape index (κ1) is 15.8. The third-order valence-corrected chi connectivity index (χ3v) is 8.49. The SMILES string of the molecule is [2H]c1c([2H])c(-c2nc(-c3ccccc3)nc(-c3ccccc3)n2)c([2H])c(-c2c([2H])c([2H])c(-c3c([2H])c([2H])c([2H])c(-c4c([2H])c([2H])c5c6c([2H])c([2H])c([2H])c([2H])c6c6c([2H])c([2H])c([2H])c([2H])c6c5c4[2H])c3[2H])c([2H])c2[2H])c1[2H]. The minimum absolute atomic E-state index is 0.109. The van der Waals surface area contributed by atoms with E-state index < -0.39 is 210 Å². The molecule has 9 aromatic carbocycles. The molecule has 0 aliphatic carbocycles. The van der Waals surface area contributed by atoms with E-state index in [1.807, 2.05) is 0 Å². The van der Waals surface area contributed by atoms with Gasteiger partial charge in [-0.1, -0.05) is 182 Å². The van der Waals surface area contributed by atoms with Crippen LogP contribution in [0, 0.1) is 0 Å². The fourth-order valence-corrected chi connectivity index (χ4v) is 5.94. The molecule has 3 heteroatoms. The fourth-order valence-electron chi connectivity index (χ4n) is 5.94. The van der Waals surface area contributed by atoms with Gasteiger partial charge in [-0.15, -0.1) is 0 Å². The summed E-state index contributed by atoms with van der Waals surface area (Å²) < 4.78 is 208. The van der Waals surface area contributed by atoms with Gasteiger partial charge in [0, 0.05) is 16.7 Å². The van der Waals surface area contributed by atoms with E-state index in [9.17, 15) is 12.3 Å². The maximum absolute atomic E-state index is 9.68. The van der Waals surface area contributed by atoms with Crippen LogP contribution in [0.3, 0.4) is 0 Å². The molecule has 0 unspecified atom stereocenters. The average Bonchev–Trinajstić information content (AvgIpc) is 3.62. The molecular weight excluding hydrogens is 655 g/mol. The predicted molar refractivity (Wildman–Crippen MR) is 225 cm³/mol. The van der Waals surface area contributed by atoms with E-state index in [1.165, 1.54) is 0 Å². The van der Waals surface area contributed by atoms with Crippen molar-refractivity contribution in [3.8, 4) is 67.5 Å². The summed E-state index contributed by atoms with van der Waals surface area (Å²) in [4.78, 5) is 13.8. The molecule has 252 valence electrons. The minimum Gasteiger partial charge on any atom is -0.208 e. The number of fused-ring (bicyclic) bond motifs is 6. The topological polar surface area (TPSA) is 38.7 Å². The number of hydrogen-bond acceptors (Lipinski definition) is 3. The van der Waals surface area contributed by atoms with Crippen molar-refractivity contribution in [3.05, 3.63) is 200 Å². The standard InChI is InChI=1S/C51H33N3/c1-3-13-36(14-4-1)49-52-50(37-15-5-2-6-16-37)54-51(53-49)42-20-12-18-39(32-42)35-27-25-34(26-28-35)38-17-11-19-40(31-38)41-29-30-47-45-23-8-7-21-43(45)44-22-9-10-24-46(44)48(47)33-41/h1-33H/i7D,8D,9D,10D,11D,12D,17D,18D,19D,20D,21D,22D,23D,24D,25D,26D,27D,28D,29D,30D,31D,32D,33D. The Morgan fingerprint density at radius 3 is 1.11 bits per heavy atom. The number of hydrogen-bond donors (Lipinski definition) is 0. The van der Waals surface area contributed by atoms with Crippen molar-refractivity contribution in [2.75, 3.05) is 0 Å². The quantitative estimate of drug-likeness (QED) is 0.161. The summed E-state index contributed by atoms with van der Waals surface area (Å²) in [6.45, 7) is 0. The Balaban J connectivity index is 1.25. The Bertz CT molecular complexity index is 4170. The van der Waals surface area contributed by atoms with Crippen molar-refractivity contribution in [2.45, 2.75) is 0 Å². The second-order valence-electron chi connectivity index (χ2n) is 11.8. The summed E-state index contributed by atoms with van der Waals surface area (Å²) in [6, 6.07) is -2.83. The predicted octanol–water partition coefficient (Wildman–Crippen LogP) is 13.3. The number of benzene rings is 9. The molecule has 0 saturated heterocycles. The van der Waals surface area contributed by atoms with E-state index in [2.05, 4.69) is 15.0 Å². The summed E-state index contributed by atoms with van der Waals surface area (Å²) in [5.74, 6) is -0.0780. The zero-order chi connectivity index (χ0) is 55.9. The first-order chi connectivity index (χ1) is 36.4. The van der Waals surface area contributed by atoms with Gasteiger partial charge in [-0.3, -0.25) is 0 Å². The molecule has 0 atom stereocenters. The molecule has 10 aromatic rings. The van der Waals surface area contributed by atoms with Crippen molar-refractivity contribution >= 4 is 32.3 Å². The van der Waals surface area contributed by atoms with Crippen LogP contribution in [0.2, 0.25) is 0 Å². The van der Waals surface area contributed by atoms with Gasteiger partial charge in [0.05, 0.1) is 31.5 Å². The van der Waals surface area contributed by atoms with Crippen molar-refractivity contribution in [1.82, 2.24) is 15.0 Å². The van der Waals surface area contributed by atoms with Gasteiger partial charge in [-0.2, -0.15) is 0 Å². The highest BCUT2D eigenvalue weighted by Crippen LogP contribution is 2.38. The van der Waals surface area contributed by atoms with Crippen LogP contribution in [0.5, 0.6) is 0 Å². The minimum atomic E-state index is -1.02. The van der Waals surface area contributed by atoms with Crippen LogP contribution in [0.4, 0.5) is 0 Å². The van der Waals surface area contributed by atoms with E-state index in [0.29, 0.717) is 11.1 Å². The third kappa shape index (κ3) is 5.78. The lowest BCUT2D eigenvalue weighted by molar-refractivity contribution is 1.07. The van der Waals surface area contributed by atoms with E-state index in [0.717, 1.165) is 0 Å². The molecule has 0 aliphatic rings. The molecule has 0 saturated carbocycles. The molecule has 0 bridgehead atoms. The molecule has 0 fully saturated rings. The van der Waals surface area contributed by atoms with Crippen molar-refractivity contribution in [2.24, 2.45) is 0 Å². The highest BCUT2D eigenvalue weighted by atomic mass is 15.0. The van der Waals surface area contributed by atoms with E-state index in [4.69, 9.17) is 19.2 Å². The van der Waals surface area contributed by atoms with Gasteiger partial charge >= 0.3 is 0 Å². The number of aromatic nitrogens is 3. The van der Waals surface area contributed by atoms with E-state index >= 15 is 0 Å². The first-order valence-electron chi connectivity index (χ1n) is 27.9. The Morgan fingerprint density at radius 2 is 0.611 bits per heavy atom. The lowest BCUT2D eigenvalue weighted by Gasteiger charge is -2.13. The lowest BCUT2D eigenvalue weighted by atomic mass is 9.91. The van der Waals surface area contributed by atoms with Crippen LogP contribution in [0.1, 0.15) is 31.5 Å². The largest absolute Gasteiger partial charge is 0.208 e. The van der Waals surface area contributed by atoms with Crippen LogP contribution >= 0.6 is 0 Å². The van der Waals surface area contributed by atoms with Crippen molar-refractivity contribution in [3.63, 3.8) is 0 Å². The summed E-state index contributed by atoms with van der Waals surface area (Å²) in [7, 11) is 0. The number of nitrogens with zero attached hydrogens (tertiary/aromatic N) is 3. The lowest BCUT2D eigenvalue weighted by Crippen LogP contribution is -2.00. The molecular formula is C51H33N3. The van der Waals surface area contributed by atoms with Crippen LogP contribution in [0.25, 0.3) is 99.9 Å². The molecule has 0 amide bonds. The van der Waals surface area contributed by atoms with Gasteiger partial charge in [0.2, 0.25) is 0 Å². The zero-order valence-electron chi connectivity index (χ0n) is 50.6. The molecule has 0 N–H and O–H groups in total. The van der Waals surface area contributed by atoms with Gasteiger partial charge in [-0.25, -0.2) is 15.0 Å². The van der Waals surface area contributed by atoms with Gasteiger partial charge in [0.25, 0.3) is 0 Å². The zero-order valence-corrected chi connectivity index (χ0v) is 27.6. The highest BCUT2D eigenvalue weighted by molar-refractivity contribution is 6.25. The summed E-state index contributed by atoms with van der Waals surface area (Å²) in [5.41, 5.74) is -4.02. The first-order valence-corrected chi connectivity index (χ1v) is 16.4. The molecule has 1 heterocycles. The maximum atomic E-state index is 9.68. The summed E-state index contributed by atoms with van der Waals surface area (Å²) >= 11 is 0. The molecule has 0 spiro atoms. The Kier molecular flexibility index (Phi) is 3.92. The number of rotatable bonds is 6. The Labute approximate surface area is 346 Å². The van der Waals surface area contributed by atoms with Crippen molar-refractivity contribution < 1.29 is 31.5 Å². The molecule has 3 nitrogen and oxygen atoms in total. The second-order valence-corrected chi connectivity index (χ2v) is 11.8. The van der Waals surface area contributed by atoms with E-state index in [-0.39, 0.29) is 17.5 Å².